The van der Waals surface area contributed by atoms with Crippen LogP contribution in [-0.2, 0) is 7.05 Å². The number of alkyl halides is 2. The largest absolute Gasteiger partial charge is 0.435 e. The Bertz CT molecular complexity index is 1460. The van der Waals surface area contributed by atoms with Gasteiger partial charge in [-0.05, 0) is 44.5 Å². The number of anilines is 1. The average molecular weight is 542 g/mol. The van der Waals surface area contributed by atoms with Crippen LogP contribution in [0.25, 0.3) is 20.7 Å². The maximum Gasteiger partial charge on any atom is 0.387 e. The smallest absolute Gasteiger partial charge is 0.387 e. The van der Waals surface area contributed by atoms with Crippen molar-refractivity contribution in [3.63, 3.8) is 0 Å². The number of aromatic nitrogens is 4. The molecule has 1 aromatic carbocycles. The second-order valence-electron chi connectivity index (χ2n) is 9.43. The monoisotopic (exact) mass is 541 g/mol. The molecule has 0 radical (unpaired) electrons. The molecule has 1 saturated heterocycles. The highest BCUT2D eigenvalue weighted by Crippen LogP contribution is 2.38. The van der Waals surface area contributed by atoms with Crippen LogP contribution in [0.4, 0.5) is 19.4 Å². The van der Waals surface area contributed by atoms with E-state index >= 15 is 0 Å². The van der Waals surface area contributed by atoms with Crippen molar-refractivity contribution in [2.45, 2.75) is 39.5 Å². The minimum absolute atomic E-state index is 0.0622. The number of hydrogen-bond donors (Lipinski definition) is 1. The molecule has 3 aromatic heterocycles. The Morgan fingerprint density at radius 2 is 2.05 bits per heavy atom. The first kappa shape index (κ1) is 25.8. The molecule has 0 unspecified atom stereocenters. The molecule has 9 nitrogen and oxygen atoms in total. The molecule has 4 heterocycles. The van der Waals surface area contributed by atoms with E-state index in [0.29, 0.717) is 25.2 Å². The van der Waals surface area contributed by atoms with Crippen molar-refractivity contribution in [3.8, 4) is 16.2 Å². The lowest BCUT2D eigenvalue weighted by Crippen LogP contribution is -2.57. The van der Waals surface area contributed by atoms with Crippen LogP contribution in [0.3, 0.4) is 0 Å². The molecule has 12 heteroatoms. The van der Waals surface area contributed by atoms with E-state index in [-0.39, 0.29) is 23.9 Å². The number of thiophene rings is 1. The summed E-state index contributed by atoms with van der Waals surface area (Å²) < 4.78 is 32.4. The summed E-state index contributed by atoms with van der Waals surface area (Å²) in [7, 11) is 1.91. The predicted octanol–water partition coefficient (Wildman–Crippen LogP) is 4.98. The molecule has 38 heavy (non-hydrogen) atoms. The fourth-order valence-corrected chi connectivity index (χ4v) is 5.99. The van der Waals surface area contributed by atoms with Gasteiger partial charge >= 0.3 is 12.6 Å². The molecule has 1 aliphatic heterocycles. The summed E-state index contributed by atoms with van der Waals surface area (Å²) in [5.74, 6) is 0.927. The Labute approximate surface area is 223 Å². The van der Waals surface area contributed by atoms with Crippen LogP contribution in [0.1, 0.15) is 31.1 Å². The third kappa shape index (κ3) is 5.26. The van der Waals surface area contributed by atoms with E-state index in [0.717, 1.165) is 32.2 Å². The number of piperazine rings is 1. The number of nitrogens with one attached hydrogen (secondary N) is 1. The molecule has 0 saturated carbocycles. The molecule has 2 amide bonds. The minimum atomic E-state index is -2.90. The summed E-state index contributed by atoms with van der Waals surface area (Å²) in [5.41, 5.74) is 3.61. The van der Waals surface area contributed by atoms with Crippen LogP contribution < -0.4 is 15.0 Å². The standard InChI is InChI=1S/C26H29F2N7O2S/c1-15-12-34(24-23-21(29-14-30-24)11-22(38-23)20-13-33(4)32-17(20)3)8-9-35(15)26(36)31-16(2)18-6-5-7-19(10-18)37-25(27)28/h5-7,10-11,13-16,25H,8-9,12H2,1-4H3,(H,31,36)/t15-,16+/m1/s1. The summed E-state index contributed by atoms with van der Waals surface area (Å²) in [6, 6.07) is 7.79. The first-order valence-corrected chi connectivity index (χ1v) is 13.1. The highest BCUT2D eigenvalue weighted by molar-refractivity contribution is 7.22. The molecule has 200 valence electrons. The van der Waals surface area contributed by atoms with Gasteiger partial charge in [0, 0.05) is 49.4 Å². The van der Waals surface area contributed by atoms with Crippen LogP contribution in [0.5, 0.6) is 5.75 Å². The lowest BCUT2D eigenvalue weighted by atomic mass is 10.1. The van der Waals surface area contributed by atoms with Crippen molar-refractivity contribution >= 4 is 33.4 Å². The van der Waals surface area contributed by atoms with Gasteiger partial charge < -0.3 is 19.9 Å². The van der Waals surface area contributed by atoms with Crippen LogP contribution in [0.15, 0.2) is 42.9 Å². The molecule has 0 aliphatic carbocycles. The van der Waals surface area contributed by atoms with Crippen molar-refractivity contribution in [1.82, 2.24) is 30.0 Å². The average Bonchev–Trinajstić information content (AvgIpc) is 3.45. The van der Waals surface area contributed by atoms with Crippen molar-refractivity contribution in [3.05, 3.63) is 54.1 Å². The molecule has 1 N–H and O–H groups in total. The third-order valence-corrected chi connectivity index (χ3v) is 7.84. The number of nitrogens with zero attached hydrogens (tertiary/aromatic N) is 6. The number of amides is 2. The van der Waals surface area contributed by atoms with E-state index in [1.807, 2.05) is 38.7 Å². The van der Waals surface area contributed by atoms with Gasteiger partial charge in [-0.1, -0.05) is 12.1 Å². The fourth-order valence-electron chi connectivity index (χ4n) is 4.80. The quantitative estimate of drug-likeness (QED) is 0.370. The first-order valence-electron chi connectivity index (χ1n) is 12.3. The molecule has 1 aliphatic rings. The number of urea groups is 1. The lowest BCUT2D eigenvalue weighted by Gasteiger charge is -2.40. The molecular formula is C26H29F2N7O2S. The Morgan fingerprint density at radius 1 is 1.24 bits per heavy atom. The second-order valence-corrected chi connectivity index (χ2v) is 10.5. The Kier molecular flexibility index (Phi) is 7.15. The maximum absolute atomic E-state index is 13.1. The predicted molar refractivity (Wildman–Crippen MR) is 143 cm³/mol. The molecule has 2 atom stereocenters. The van der Waals surface area contributed by atoms with Crippen LogP contribution >= 0.6 is 11.3 Å². The minimum Gasteiger partial charge on any atom is -0.435 e. The SMILES string of the molecule is Cc1nn(C)cc1-c1cc2ncnc(N3CCN(C(=O)N[C@@H](C)c4cccc(OC(F)F)c4)[C@H](C)C3)c2s1. The normalized spacial score (nSPS) is 16.8. The van der Waals surface area contributed by atoms with Crippen molar-refractivity contribution in [2.75, 3.05) is 24.5 Å². The first-order chi connectivity index (χ1) is 18.2. The number of carbonyl (C=O) groups excluding carboxylic acids is 1. The highest BCUT2D eigenvalue weighted by atomic mass is 32.1. The summed E-state index contributed by atoms with van der Waals surface area (Å²) >= 11 is 1.65. The van der Waals surface area contributed by atoms with Crippen molar-refractivity contribution in [2.24, 2.45) is 7.05 Å². The topological polar surface area (TPSA) is 88.4 Å². The van der Waals surface area contributed by atoms with Crippen molar-refractivity contribution < 1.29 is 18.3 Å². The van der Waals surface area contributed by atoms with Gasteiger partial charge in [0.2, 0.25) is 0 Å². The van der Waals surface area contributed by atoms with E-state index < -0.39 is 6.61 Å². The summed E-state index contributed by atoms with van der Waals surface area (Å²) in [6.07, 6.45) is 3.59. The third-order valence-electron chi connectivity index (χ3n) is 6.68. The van der Waals surface area contributed by atoms with Crippen LogP contribution in [-0.4, -0.2) is 63.0 Å². The van der Waals surface area contributed by atoms with E-state index in [1.165, 1.54) is 12.1 Å². The number of hydrogen-bond acceptors (Lipinski definition) is 7. The number of halogens is 2. The number of ether oxygens (including phenoxy) is 1. The number of aryl methyl sites for hydroxylation is 2. The zero-order valence-electron chi connectivity index (χ0n) is 21.6. The molecule has 1 fully saturated rings. The zero-order chi connectivity index (χ0) is 27.0. The molecule has 4 aromatic rings. The van der Waals surface area contributed by atoms with E-state index in [1.54, 1.807) is 34.7 Å². The summed E-state index contributed by atoms with van der Waals surface area (Å²) in [4.78, 5) is 27.3. The molecule has 0 bridgehead atoms. The molecular weight excluding hydrogens is 512 g/mol. The van der Waals surface area contributed by atoms with Gasteiger partial charge in [-0.25, -0.2) is 14.8 Å². The van der Waals surface area contributed by atoms with Crippen molar-refractivity contribution in [1.29, 1.82) is 0 Å². The summed E-state index contributed by atoms with van der Waals surface area (Å²) in [6.45, 7) is 4.66. The van der Waals surface area contributed by atoms with Gasteiger partial charge in [-0.2, -0.15) is 13.9 Å². The van der Waals surface area contributed by atoms with E-state index in [9.17, 15) is 13.6 Å². The highest BCUT2D eigenvalue weighted by Gasteiger charge is 2.30. The van der Waals surface area contributed by atoms with Crippen LogP contribution in [0.2, 0.25) is 0 Å². The van der Waals surface area contributed by atoms with Gasteiger partial charge in [-0.15, -0.1) is 11.3 Å². The number of benzene rings is 1. The lowest BCUT2D eigenvalue weighted by molar-refractivity contribution is -0.0499. The summed E-state index contributed by atoms with van der Waals surface area (Å²) in [5, 5.41) is 7.44. The number of carbonyl (C=O) groups is 1. The fraction of sp³-hybridized carbons (Fsp3) is 0.385. The van der Waals surface area contributed by atoms with Crippen LogP contribution in [0, 0.1) is 6.92 Å². The maximum atomic E-state index is 13.1. The van der Waals surface area contributed by atoms with Gasteiger partial charge in [0.25, 0.3) is 0 Å². The molecule has 0 spiro atoms. The van der Waals surface area contributed by atoms with E-state index in [2.05, 4.69) is 36.1 Å². The van der Waals surface area contributed by atoms with Gasteiger partial charge in [0.15, 0.2) is 0 Å². The zero-order valence-corrected chi connectivity index (χ0v) is 22.4. The van der Waals surface area contributed by atoms with Gasteiger partial charge in [0.05, 0.1) is 22.0 Å². The van der Waals surface area contributed by atoms with E-state index in [4.69, 9.17) is 0 Å². The Balaban J connectivity index is 1.27. The van der Waals surface area contributed by atoms with Gasteiger partial charge in [-0.3, -0.25) is 4.68 Å². The Morgan fingerprint density at radius 3 is 2.76 bits per heavy atom. The molecule has 5 rings (SSSR count). The Hall–Kier alpha value is -3.80. The number of fused-ring (bicyclic) bond motifs is 1. The second kappa shape index (κ2) is 10.5. The van der Waals surface area contributed by atoms with Gasteiger partial charge in [0.1, 0.15) is 17.9 Å². The number of rotatable bonds is 6.